The quantitative estimate of drug-likeness (QED) is 0.417. The summed E-state index contributed by atoms with van der Waals surface area (Å²) in [6.45, 7) is 1.40. The monoisotopic (exact) mass is 434 g/mol. The molecule has 1 fully saturated rings. The molecule has 0 unspecified atom stereocenters. The second kappa shape index (κ2) is 11.6. The highest BCUT2D eigenvalue weighted by Crippen LogP contribution is 2.31. The minimum atomic E-state index is -0.658. The van der Waals surface area contributed by atoms with E-state index in [1.54, 1.807) is 0 Å². The first kappa shape index (κ1) is 22.2. The van der Waals surface area contributed by atoms with E-state index in [1.807, 2.05) is 91.0 Å². The maximum atomic E-state index is 13.7. The van der Waals surface area contributed by atoms with Gasteiger partial charge in [0.05, 0.1) is 26.4 Å². The first-order valence-electron chi connectivity index (χ1n) is 10.7. The molecular formula is C27H27FO4. The van der Waals surface area contributed by atoms with Gasteiger partial charge in [-0.1, -0.05) is 91.0 Å². The zero-order valence-electron chi connectivity index (χ0n) is 17.8. The second-order valence-corrected chi connectivity index (χ2v) is 7.65. The lowest BCUT2D eigenvalue weighted by atomic mass is 10.1. The molecule has 1 saturated heterocycles. The van der Waals surface area contributed by atoms with Crippen molar-refractivity contribution < 1.29 is 23.3 Å². The third kappa shape index (κ3) is 6.04. The van der Waals surface area contributed by atoms with E-state index in [2.05, 4.69) is 0 Å². The van der Waals surface area contributed by atoms with Crippen molar-refractivity contribution in [2.75, 3.05) is 6.61 Å². The summed E-state index contributed by atoms with van der Waals surface area (Å²) in [7, 11) is 0. The van der Waals surface area contributed by atoms with Gasteiger partial charge in [-0.3, -0.25) is 0 Å². The predicted molar refractivity (Wildman–Crippen MR) is 120 cm³/mol. The molecule has 3 aromatic carbocycles. The van der Waals surface area contributed by atoms with E-state index in [0.29, 0.717) is 26.2 Å². The normalized spacial score (nSPS) is 21.5. The molecule has 0 N–H and O–H groups in total. The van der Waals surface area contributed by atoms with Crippen LogP contribution in [0.5, 0.6) is 0 Å². The van der Waals surface area contributed by atoms with E-state index in [9.17, 15) is 4.39 Å². The van der Waals surface area contributed by atoms with Crippen molar-refractivity contribution in [3.63, 3.8) is 0 Å². The lowest BCUT2D eigenvalue weighted by Crippen LogP contribution is -2.37. The minimum Gasteiger partial charge on any atom is -0.484 e. The van der Waals surface area contributed by atoms with Gasteiger partial charge in [0.15, 0.2) is 11.9 Å². The van der Waals surface area contributed by atoms with E-state index >= 15 is 0 Å². The second-order valence-electron chi connectivity index (χ2n) is 7.65. The van der Waals surface area contributed by atoms with E-state index in [4.69, 9.17) is 18.9 Å². The van der Waals surface area contributed by atoms with Crippen LogP contribution in [0.4, 0.5) is 4.39 Å². The number of hydrogen-bond donors (Lipinski definition) is 0. The van der Waals surface area contributed by atoms with Crippen LogP contribution >= 0.6 is 0 Å². The van der Waals surface area contributed by atoms with Crippen LogP contribution in [0.3, 0.4) is 0 Å². The lowest BCUT2D eigenvalue weighted by Gasteiger charge is -2.22. The van der Waals surface area contributed by atoms with E-state index in [1.165, 1.54) is 0 Å². The standard InChI is InChI=1S/C27H27FO4/c28-16-24-26(30-18-22-12-6-2-7-13-22)27(31-19-23-14-8-3-9-15-23)25(32-24)20-29-17-21-10-4-1-5-11-21/h1-16,25-27H,17-20H2/t25-,26-,27-/m1/s1. The minimum absolute atomic E-state index is 0.132. The molecule has 5 heteroatoms. The van der Waals surface area contributed by atoms with Gasteiger partial charge in [-0.05, 0) is 16.7 Å². The Morgan fingerprint density at radius 3 is 1.72 bits per heavy atom. The van der Waals surface area contributed by atoms with Gasteiger partial charge in [0.1, 0.15) is 18.5 Å². The molecule has 1 heterocycles. The Bertz CT molecular complexity index is 963. The van der Waals surface area contributed by atoms with Gasteiger partial charge in [-0.2, -0.15) is 0 Å². The van der Waals surface area contributed by atoms with Gasteiger partial charge >= 0.3 is 0 Å². The molecule has 0 aromatic heterocycles. The van der Waals surface area contributed by atoms with Crippen LogP contribution < -0.4 is 0 Å². The zero-order chi connectivity index (χ0) is 22.0. The molecule has 0 saturated carbocycles. The van der Waals surface area contributed by atoms with Crippen molar-refractivity contribution in [1.29, 1.82) is 0 Å². The molecule has 1 aliphatic heterocycles. The summed E-state index contributed by atoms with van der Waals surface area (Å²) in [5.74, 6) is 0.132. The van der Waals surface area contributed by atoms with E-state index in [-0.39, 0.29) is 12.4 Å². The Morgan fingerprint density at radius 2 is 1.19 bits per heavy atom. The largest absolute Gasteiger partial charge is 0.484 e. The van der Waals surface area contributed by atoms with Crippen LogP contribution in [0.1, 0.15) is 16.7 Å². The van der Waals surface area contributed by atoms with Crippen LogP contribution in [0.15, 0.2) is 103 Å². The highest BCUT2D eigenvalue weighted by Gasteiger charge is 2.44. The van der Waals surface area contributed by atoms with Crippen LogP contribution in [0.25, 0.3) is 0 Å². The summed E-state index contributed by atoms with van der Waals surface area (Å²) in [5.41, 5.74) is 3.08. The molecule has 166 valence electrons. The van der Waals surface area contributed by atoms with Crippen molar-refractivity contribution >= 4 is 0 Å². The molecule has 0 bridgehead atoms. The molecule has 0 aliphatic carbocycles. The summed E-state index contributed by atoms with van der Waals surface area (Å²) in [4.78, 5) is 0. The Kier molecular flexibility index (Phi) is 8.04. The summed E-state index contributed by atoms with van der Waals surface area (Å²) in [6.07, 6.45) is -1.18. The maximum Gasteiger partial charge on any atom is 0.156 e. The Morgan fingerprint density at radius 1 is 0.688 bits per heavy atom. The first-order valence-corrected chi connectivity index (χ1v) is 10.7. The molecule has 4 rings (SSSR count). The maximum absolute atomic E-state index is 13.7. The Hall–Kier alpha value is -2.99. The smallest absolute Gasteiger partial charge is 0.156 e. The number of halogens is 1. The number of rotatable bonds is 10. The Balaban J connectivity index is 1.44. The van der Waals surface area contributed by atoms with Crippen LogP contribution in [-0.4, -0.2) is 24.9 Å². The van der Waals surface area contributed by atoms with Gasteiger partial charge in [-0.25, -0.2) is 4.39 Å². The first-order chi connectivity index (χ1) is 15.8. The fourth-order valence-electron chi connectivity index (χ4n) is 3.65. The molecular weight excluding hydrogens is 407 g/mol. The van der Waals surface area contributed by atoms with E-state index < -0.39 is 18.3 Å². The molecule has 3 aromatic rings. The topological polar surface area (TPSA) is 36.9 Å². The van der Waals surface area contributed by atoms with Crippen LogP contribution in [0.2, 0.25) is 0 Å². The summed E-state index contributed by atoms with van der Waals surface area (Å²) in [6, 6.07) is 29.5. The third-order valence-corrected chi connectivity index (χ3v) is 5.29. The van der Waals surface area contributed by atoms with Crippen molar-refractivity contribution in [2.24, 2.45) is 0 Å². The molecule has 0 radical (unpaired) electrons. The zero-order valence-corrected chi connectivity index (χ0v) is 17.8. The molecule has 4 nitrogen and oxygen atoms in total. The van der Waals surface area contributed by atoms with Gasteiger partial charge in [0.2, 0.25) is 0 Å². The number of benzene rings is 3. The summed E-state index contributed by atoms with van der Waals surface area (Å²) in [5, 5.41) is 0. The average molecular weight is 435 g/mol. The Labute approximate surface area is 188 Å². The molecule has 0 amide bonds. The molecule has 32 heavy (non-hydrogen) atoms. The van der Waals surface area contributed by atoms with Crippen molar-refractivity contribution in [1.82, 2.24) is 0 Å². The van der Waals surface area contributed by atoms with Crippen molar-refractivity contribution in [2.45, 2.75) is 38.1 Å². The molecule has 0 spiro atoms. The fraction of sp³-hybridized carbons (Fsp3) is 0.259. The highest BCUT2D eigenvalue weighted by molar-refractivity contribution is 5.17. The van der Waals surface area contributed by atoms with E-state index in [0.717, 1.165) is 16.7 Å². The number of ether oxygens (including phenoxy) is 4. The highest BCUT2D eigenvalue weighted by atomic mass is 19.1. The predicted octanol–water partition coefficient (Wildman–Crippen LogP) is 5.58. The van der Waals surface area contributed by atoms with Gasteiger partial charge in [0, 0.05) is 0 Å². The summed E-state index contributed by atoms with van der Waals surface area (Å²) < 4.78 is 37.7. The summed E-state index contributed by atoms with van der Waals surface area (Å²) >= 11 is 0. The third-order valence-electron chi connectivity index (χ3n) is 5.29. The van der Waals surface area contributed by atoms with Gasteiger partial charge < -0.3 is 18.9 Å². The SMILES string of the molecule is FC=C1O[C@H](COCc2ccccc2)[C@@H](OCc2ccccc2)[C@@H]1OCc1ccccc1. The van der Waals surface area contributed by atoms with Crippen molar-refractivity contribution in [3.8, 4) is 0 Å². The lowest BCUT2D eigenvalue weighted by molar-refractivity contribution is -0.0894. The molecule has 1 aliphatic rings. The molecule has 3 atom stereocenters. The van der Waals surface area contributed by atoms with Gasteiger partial charge in [-0.15, -0.1) is 0 Å². The van der Waals surface area contributed by atoms with Gasteiger partial charge in [0.25, 0.3) is 0 Å². The average Bonchev–Trinajstić information content (AvgIpc) is 3.19. The van der Waals surface area contributed by atoms with Crippen LogP contribution in [-0.2, 0) is 38.8 Å². The van der Waals surface area contributed by atoms with Crippen molar-refractivity contribution in [3.05, 3.63) is 120 Å². The number of hydrogen-bond acceptors (Lipinski definition) is 4. The van der Waals surface area contributed by atoms with Crippen LogP contribution in [0, 0.1) is 0 Å². The fourth-order valence-corrected chi connectivity index (χ4v) is 3.65.